The largest absolute Gasteiger partial charge is 0.497 e. The molecule has 1 aliphatic heterocycles. The first-order valence-electron chi connectivity index (χ1n) is 9.01. The summed E-state index contributed by atoms with van der Waals surface area (Å²) in [4.78, 5) is 10.8. The normalized spacial score (nSPS) is 14.6. The molecule has 0 fully saturated rings. The Morgan fingerprint density at radius 3 is 2.81 bits per heavy atom. The number of pyridine rings is 1. The van der Waals surface area contributed by atoms with E-state index in [0.717, 1.165) is 36.8 Å². The number of hydrogen-bond donors (Lipinski definition) is 1. The molecule has 0 saturated heterocycles. The first-order valence-corrected chi connectivity index (χ1v) is 9.01. The number of guanidine groups is 1. The fourth-order valence-corrected chi connectivity index (χ4v) is 3.13. The van der Waals surface area contributed by atoms with Gasteiger partial charge in [-0.25, -0.2) is 4.98 Å². The molecule has 6 heteroatoms. The fourth-order valence-electron chi connectivity index (χ4n) is 3.13. The highest BCUT2D eigenvalue weighted by molar-refractivity contribution is 5.81. The molecule has 0 radical (unpaired) electrons. The molecule has 1 aromatic carbocycles. The average Bonchev–Trinajstić information content (AvgIpc) is 2.75. The number of aliphatic imine (C=N–C) groups is 1. The third kappa shape index (κ3) is 4.78. The van der Waals surface area contributed by atoms with Crippen molar-refractivity contribution in [1.82, 2.24) is 15.2 Å². The summed E-state index contributed by atoms with van der Waals surface area (Å²) in [5.41, 5.74) is 3.67. The Kier molecular flexibility index (Phi) is 6.30. The maximum Gasteiger partial charge on any atom is 0.213 e. The molecular weight excluding hydrogens is 340 g/mol. The van der Waals surface area contributed by atoms with E-state index < -0.39 is 0 Å². The number of hydrogen-bond acceptors (Lipinski definition) is 4. The lowest BCUT2D eigenvalue weighted by Crippen LogP contribution is -2.43. The van der Waals surface area contributed by atoms with E-state index in [1.165, 1.54) is 11.1 Å². The minimum atomic E-state index is 0.619. The van der Waals surface area contributed by atoms with Crippen LogP contribution in [0.3, 0.4) is 0 Å². The van der Waals surface area contributed by atoms with Crippen molar-refractivity contribution >= 4 is 11.5 Å². The summed E-state index contributed by atoms with van der Waals surface area (Å²) >= 11 is 0. The fraction of sp³-hybridized carbons (Fsp3) is 0.333. The van der Waals surface area contributed by atoms with E-state index in [-0.39, 0.29) is 0 Å². The van der Waals surface area contributed by atoms with E-state index in [4.69, 9.17) is 9.47 Å². The van der Waals surface area contributed by atoms with Crippen LogP contribution in [0, 0.1) is 0 Å². The Labute approximate surface area is 160 Å². The molecule has 0 unspecified atom stereocenters. The van der Waals surface area contributed by atoms with Gasteiger partial charge in [-0.2, -0.15) is 0 Å². The Bertz CT molecular complexity index is 832. The molecule has 1 aliphatic rings. The lowest BCUT2D eigenvalue weighted by molar-refractivity contribution is 0.397. The highest BCUT2D eigenvalue weighted by Gasteiger charge is 2.16. The summed E-state index contributed by atoms with van der Waals surface area (Å²) in [6.45, 7) is 2.42. The predicted octanol–water partition coefficient (Wildman–Crippen LogP) is 2.96. The number of aromatic nitrogens is 1. The Balaban J connectivity index is 1.61. The second kappa shape index (κ2) is 9.07. The summed E-state index contributed by atoms with van der Waals surface area (Å²) in [5.74, 6) is 2.40. The zero-order valence-electron chi connectivity index (χ0n) is 16.1. The second-order valence-corrected chi connectivity index (χ2v) is 6.26. The third-order valence-electron chi connectivity index (χ3n) is 4.62. The molecule has 0 bridgehead atoms. The maximum atomic E-state index is 5.33. The van der Waals surface area contributed by atoms with Gasteiger partial charge in [0, 0.05) is 38.9 Å². The van der Waals surface area contributed by atoms with Crippen LogP contribution in [0.5, 0.6) is 11.6 Å². The molecule has 3 rings (SSSR count). The van der Waals surface area contributed by atoms with Crippen LogP contribution in [0.25, 0.3) is 5.57 Å². The molecule has 1 N–H and O–H groups in total. The topological polar surface area (TPSA) is 59.0 Å². The Morgan fingerprint density at radius 2 is 2.11 bits per heavy atom. The molecule has 142 valence electrons. The molecule has 1 aromatic heterocycles. The van der Waals surface area contributed by atoms with Crippen LogP contribution < -0.4 is 14.8 Å². The average molecular weight is 366 g/mol. The van der Waals surface area contributed by atoms with E-state index >= 15 is 0 Å². The molecular formula is C21H26N4O2. The summed E-state index contributed by atoms with van der Waals surface area (Å²) in [7, 11) is 5.14. The number of methoxy groups -OCH3 is 2. The molecule has 0 atom stereocenters. The maximum absolute atomic E-state index is 5.33. The van der Waals surface area contributed by atoms with Crippen LogP contribution in [-0.2, 0) is 6.54 Å². The van der Waals surface area contributed by atoms with Crippen molar-refractivity contribution in [1.29, 1.82) is 0 Å². The first-order chi connectivity index (χ1) is 13.2. The van der Waals surface area contributed by atoms with Gasteiger partial charge in [0.1, 0.15) is 5.75 Å². The SMILES string of the molecule is CN=C(NCc1ccnc(OC)c1)N1CC=C(c2cccc(OC)c2)CC1. The van der Waals surface area contributed by atoms with Crippen LogP contribution >= 0.6 is 0 Å². The summed E-state index contributed by atoms with van der Waals surface area (Å²) in [5, 5.41) is 3.42. The predicted molar refractivity (Wildman–Crippen MR) is 108 cm³/mol. The molecule has 0 saturated carbocycles. The summed E-state index contributed by atoms with van der Waals surface area (Å²) in [6, 6.07) is 12.1. The lowest BCUT2D eigenvalue weighted by Gasteiger charge is -2.30. The van der Waals surface area contributed by atoms with E-state index in [2.05, 4.69) is 38.4 Å². The molecule has 0 aliphatic carbocycles. The van der Waals surface area contributed by atoms with Crippen molar-refractivity contribution in [3.63, 3.8) is 0 Å². The Morgan fingerprint density at radius 1 is 1.22 bits per heavy atom. The van der Waals surface area contributed by atoms with Crippen LogP contribution in [-0.4, -0.2) is 50.2 Å². The zero-order valence-corrected chi connectivity index (χ0v) is 16.1. The summed E-state index contributed by atoms with van der Waals surface area (Å²) in [6.07, 6.45) is 4.99. The van der Waals surface area contributed by atoms with Crippen molar-refractivity contribution in [3.05, 3.63) is 59.8 Å². The highest BCUT2D eigenvalue weighted by atomic mass is 16.5. The van der Waals surface area contributed by atoms with Crippen LogP contribution in [0.1, 0.15) is 17.5 Å². The number of rotatable bonds is 5. The van der Waals surface area contributed by atoms with Gasteiger partial charge in [-0.3, -0.25) is 4.99 Å². The highest BCUT2D eigenvalue weighted by Crippen LogP contribution is 2.25. The van der Waals surface area contributed by atoms with Crippen LogP contribution in [0.4, 0.5) is 0 Å². The quantitative estimate of drug-likeness (QED) is 0.651. The number of ether oxygens (including phenoxy) is 2. The minimum absolute atomic E-state index is 0.619. The number of nitrogens with one attached hydrogen (secondary N) is 1. The van der Waals surface area contributed by atoms with Gasteiger partial charge in [0.2, 0.25) is 5.88 Å². The molecule has 2 heterocycles. The Hall–Kier alpha value is -3.02. The standard InChI is InChI=1S/C21H26N4O2/c1-22-21(24-15-16-7-10-23-20(13-16)27-3)25-11-8-17(9-12-25)18-5-4-6-19(14-18)26-2/h4-8,10,13-14H,9,11-12,15H2,1-3H3,(H,22,24). The van der Waals surface area contributed by atoms with Gasteiger partial charge in [0.25, 0.3) is 0 Å². The van der Waals surface area contributed by atoms with E-state index in [0.29, 0.717) is 12.4 Å². The third-order valence-corrected chi connectivity index (χ3v) is 4.62. The molecule has 0 spiro atoms. The zero-order chi connectivity index (χ0) is 19.1. The molecule has 6 nitrogen and oxygen atoms in total. The van der Waals surface area contributed by atoms with Crippen molar-refractivity contribution < 1.29 is 9.47 Å². The molecule has 2 aromatic rings. The van der Waals surface area contributed by atoms with Crippen LogP contribution in [0.2, 0.25) is 0 Å². The summed E-state index contributed by atoms with van der Waals surface area (Å²) < 4.78 is 10.5. The van der Waals surface area contributed by atoms with Gasteiger partial charge in [-0.1, -0.05) is 18.2 Å². The van der Waals surface area contributed by atoms with E-state index in [9.17, 15) is 0 Å². The van der Waals surface area contributed by atoms with Crippen molar-refractivity contribution in [2.24, 2.45) is 4.99 Å². The lowest BCUT2D eigenvalue weighted by atomic mass is 9.99. The van der Waals surface area contributed by atoms with Gasteiger partial charge in [0.05, 0.1) is 14.2 Å². The van der Waals surface area contributed by atoms with Crippen LogP contribution in [0.15, 0.2) is 53.7 Å². The van der Waals surface area contributed by atoms with Gasteiger partial charge >= 0.3 is 0 Å². The number of benzene rings is 1. The van der Waals surface area contributed by atoms with Gasteiger partial charge in [0.15, 0.2) is 5.96 Å². The van der Waals surface area contributed by atoms with Gasteiger partial charge < -0.3 is 19.7 Å². The molecule has 0 amide bonds. The first kappa shape index (κ1) is 18.8. The monoisotopic (exact) mass is 366 g/mol. The van der Waals surface area contributed by atoms with Crippen molar-refractivity contribution in [2.45, 2.75) is 13.0 Å². The van der Waals surface area contributed by atoms with E-state index in [1.807, 2.05) is 31.3 Å². The van der Waals surface area contributed by atoms with Crippen molar-refractivity contribution in [2.75, 3.05) is 34.4 Å². The van der Waals surface area contributed by atoms with Crippen molar-refractivity contribution in [3.8, 4) is 11.6 Å². The van der Waals surface area contributed by atoms with Gasteiger partial charge in [-0.05, 0) is 41.3 Å². The molecule has 27 heavy (non-hydrogen) atoms. The minimum Gasteiger partial charge on any atom is -0.497 e. The van der Waals surface area contributed by atoms with E-state index in [1.54, 1.807) is 20.4 Å². The number of nitrogens with zero attached hydrogens (tertiary/aromatic N) is 3. The smallest absolute Gasteiger partial charge is 0.213 e. The van der Waals surface area contributed by atoms with Gasteiger partial charge in [-0.15, -0.1) is 0 Å². The second-order valence-electron chi connectivity index (χ2n) is 6.26.